The highest BCUT2D eigenvalue weighted by molar-refractivity contribution is 9.09. The monoisotopic (exact) mass is 300 g/mol. The van der Waals surface area contributed by atoms with Crippen molar-refractivity contribution in [2.45, 2.75) is 38.6 Å². The van der Waals surface area contributed by atoms with Crippen LogP contribution in [0.3, 0.4) is 0 Å². The summed E-state index contributed by atoms with van der Waals surface area (Å²) in [6.07, 6.45) is 1.78. The number of hydrogen-bond acceptors (Lipinski definition) is 4. The molecule has 0 spiro atoms. The van der Waals surface area contributed by atoms with Gasteiger partial charge in [-0.2, -0.15) is 0 Å². The summed E-state index contributed by atoms with van der Waals surface area (Å²) in [5.74, 6) is -0.389. The number of halogens is 1. The Hall–Kier alpha value is 0.590. The molecule has 15 heavy (non-hydrogen) atoms. The fourth-order valence-electron chi connectivity index (χ4n) is 1.60. The fourth-order valence-corrected chi connectivity index (χ4v) is 3.99. The molecule has 1 heterocycles. The third-order valence-electron chi connectivity index (χ3n) is 2.23. The molecule has 0 aromatic heterocycles. The summed E-state index contributed by atoms with van der Waals surface area (Å²) in [4.78, 5) is 0. The van der Waals surface area contributed by atoms with Gasteiger partial charge in [0.05, 0.1) is 19.3 Å². The molecule has 0 N–H and O–H groups in total. The third kappa shape index (κ3) is 3.53. The predicted octanol–water partition coefficient (Wildman–Crippen LogP) is 3.15. The molecule has 1 fully saturated rings. The summed E-state index contributed by atoms with van der Waals surface area (Å²) >= 11 is 3.35. The molecule has 4 nitrogen and oxygen atoms in total. The van der Waals surface area contributed by atoms with Crippen LogP contribution < -0.4 is 0 Å². The Labute approximate surface area is 99.3 Å². The summed E-state index contributed by atoms with van der Waals surface area (Å²) in [6.45, 7) is 4.39. The minimum atomic E-state index is -3.06. The summed E-state index contributed by atoms with van der Waals surface area (Å²) in [7, 11) is -3.06. The zero-order valence-corrected chi connectivity index (χ0v) is 11.6. The lowest BCUT2D eigenvalue weighted by atomic mass is 10.3. The smallest absolute Gasteiger partial charge is 0.359 e. The molecule has 2 atom stereocenters. The summed E-state index contributed by atoms with van der Waals surface area (Å²) in [5, 5.41) is 0.766. The molecule has 0 bridgehead atoms. The van der Waals surface area contributed by atoms with Crippen LogP contribution in [-0.4, -0.2) is 30.5 Å². The van der Waals surface area contributed by atoms with Gasteiger partial charge in [-0.05, 0) is 26.7 Å². The number of rotatable bonds is 6. The highest BCUT2D eigenvalue weighted by atomic mass is 79.9. The lowest BCUT2D eigenvalue weighted by molar-refractivity contribution is 0.0731. The first-order valence-electron chi connectivity index (χ1n) is 5.26. The van der Waals surface area contributed by atoms with E-state index in [1.54, 1.807) is 0 Å². The zero-order chi connectivity index (χ0) is 11.3. The van der Waals surface area contributed by atoms with Crippen molar-refractivity contribution in [2.75, 3.05) is 18.5 Å². The highest BCUT2D eigenvalue weighted by Gasteiger charge is 2.41. The van der Waals surface area contributed by atoms with Gasteiger partial charge in [0.2, 0.25) is 0 Å². The molecular weight excluding hydrogens is 283 g/mol. The largest absolute Gasteiger partial charge is 0.361 e. The van der Waals surface area contributed by atoms with Gasteiger partial charge in [-0.1, -0.05) is 15.9 Å². The van der Waals surface area contributed by atoms with Crippen LogP contribution in [0.5, 0.6) is 0 Å². The fraction of sp³-hybridized carbons (Fsp3) is 1.00. The molecule has 0 saturated carbocycles. The quantitative estimate of drug-likeness (QED) is 0.558. The van der Waals surface area contributed by atoms with E-state index in [0.29, 0.717) is 13.2 Å². The lowest BCUT2D eigenvalue weighted by Gasteiger charge is -2.22. The van der Waals surface area contributed by atoms with Crippen LogP contribution in [0, 0.1) is 0 Å². The van der Waals surface area contributed by atoms with Crippen molar-refractivity contribution >= 4 is 23.5 Å². The topological polar surface area (TPSA) is 44.8 Å². The Morgan fingerprint density at radius 1 is 1.33 bits per heavy atom. The lowest BCUT2D eigenvalue weighted by Crippen LogP contribution is -2.15. The molecule has 1 rings (SSSR count). The second kappa shape index (κ2) is 6.36. The van der Waals surface area contributed by atoms with Gasteiger partial charge < -0.3 is 13.8 Å². The Kier molecular flexibility index (Phi) is 5.79. The van der Waals surface area contributed by atoms with Gasteiger partial charge in [0.15, 0.2) is 5.85 Å². The maximum absolute atomic E-state index is 12.3. The predicted molar refractivity (Wildman–Crippen MR) is 62.5 cm³/mol. The third-order valence-corrected chi connectivity index (χ3v) is 5.27. The van der Waals surface area contributed by atoms with Crippen molar-refractivity contribution in [3.63, 3.8) is 0 Å². The average molecular weight is 301 g/mol. The first-order valence-corrected chi connectivity index (χ1v) is 7.99. The van der Waals surface area contributed by atoms with Crippen molar-refractivity contribution in [2.24, 2.45) is 0 Å². The first-order chi connectivity index (χ1) is 7.16. The molecular formula is C9H18BrO4P. The van der Waals surface area contributed by atoms with Crippen LogP contribution in [0.15, 0.2) is 0 Å². The minimum Gasteiger partial charge on any atom is -0.361 e. The van der Waals surface area contributed by atoms with Gasteiger partial charge in [-0.25, -0.2) is 0 Å². The van der Waals surface area contributed by atoms with E-state index in [-0.39, 0.29) is 11.9 Å². The van der Waals surface area contributed by atoms with Crippen LogP contribution in [0.4, 0.5) is 0 Å². The summed E-state index contributed by atoms with van der Waals surface area (Å²) in [5.41, 5.74) is 0. The molecule has 6 heteroatoms. The van der Waals surface area contributed by atoms with Crippen molar-refractivity contribution in [1.82, 2.24) is 0 Å². The van der Waals surface area contributed by atoms with Crippen LogP contribution in [0.25, 0.3) is 0 Å². The molecule has 1 aliphatic heterocycles. The Balaban J connectivity index is 2.61. The molecule has 1 saturated heterocycles. The van der Waals surface area contributed by atoms with Crippen LogP contribution in [0.1, 0.15) is 26.7 Å². The molecule has 90 valence electrons. The van der Waals surface area contributed by atoms with E-state index < -0.39 is 7.60 Å². The van der Waals surface area contributed by atoms with Gasteiger partial charge in [0, 0.05) is 5.33 Å². The maximum atomic E-state index is 12.3. The zero-order valence-electron chi connectivity index (χ0n) is 9.15. The van der Waals surface area contributed by atoms with E-state index in [0.717, 1.165) is 18.2 Å². The Morgan fingerprint density at radius 2 is 1.93 bits per heavy atom. The van der Waals surface area contributed by atoms with Gasteiger partial charge in [-0.3, -0.25) is 4.57 Å². The van der Waals surface area contributed by atoms with E-state index >= 15 is 0 Å². The van der Waals surface area contributed by atoms with Crippen LogP contribution in [0.2, 0.25) is 0 Å². The van der Waals surface area contributed by atoms with E-state index in [4.69, 9.17) is 13.8 Å². The van der Waals surface area contributed by atoms with Gasteiger partial charge in [0.25, 0.3) is 0 Å². The number of hydrogen-bond donors (Lipinski definition) is 0. The van der Waals surface area contributed by atoms with Crippen molar-refractivity contribution < 1.29 is 18.3 Å². The second-order valence-corrected chi connectivity index (χ2v) is 6.14. The van der Waals surface area contributed by atoms with Gasteiger partial charge >= 0.3 is 7.60 Å². The van der Waals surface area contributed by atoms with E-state index in [1.807, 2.05) is 13.8 Å². The van der Waals surface area contributed by atoms with E-state index in [2.05, 4.69) is 15.9 Å². The van der Waals surface area contributed by atoms with Crippen molar-refractivity contribution in [3.05, 3.63) is 0 Å². The summed E-state index contributed by atoms with van der Waals surface area (Å²) in [6, 6.07) is 0. The molecule has 1 aliphatic rings. The van der Waals surface area contributed by atoms with E-state index in [1.165, 1.54) is 0 Å². The van der Waals surface area contributed by atoms with Gasteiger partial charge in [-0.15, -0.1) is 0 Å². The molecule has 0 aromatic rings. The molecule has 0 radical (unpaired) electrons. The molecule has 0 amide bonds. The SMILES string of the molecule is CCOP(=O)(OCC)C1CC[C@H](CBr)O1. The van der Waals surface area contributed by atoms with Crippen molar-refractivity contribution in [1.29, 1.82) is 0 Å². The standard InChI is InChI=1S/C9H18BrO4P/c1-3-12-15(11,13-4-2)9-6-5-8(7-10)14-9/h8-9H,3-7H2,1-2H3/t8-,9?/m1/s1. The number of alkyl halides is 1. The second-order valence-electron chi connectivity index (χ2n) is 3.32. The minimum absolute atomic E-state index is 0.129. The Morgan fingerprint density at radius 3 is 2.33 bits per heavy atom. The maximum Gasteiger partial charge on any atom is 0.359 e. The Bertz CT molecular complexity index is 226. The van der Waals surface area contributed by atoms with Crippen molar-refractivity contribution in [3.8, 4) is 0 Å². The average Bonchev–Trinajstić information content (AvgIpc) is 2.67. The normalized spacial score (nSPS) is 27.1. The van der Waals surface area contributed by atoms with E-state index in [9.17, 15) is 4.57 Å². The molecule has 0 aliphatic carbocycles. The van der Waals surface area contributed by atoms with Crippen LogP contribution >= 0.6 is 23.5 Å². The molecule has 1 unspecified atom stereocenters. The number of ether oxygens (including phenoxy) is 1. The summed E-state index contributed by atoms with van der Waals surface area (Å²) < 4.78 is 28.4. The highest BCUT2D eigenvalue weighted by Crippen LogP contribution is 2.57. The first kappa shape index (κ1) is 13.7. The van der Waals surface area contributed by atoms with Crippen LogP contribution in [-0.2, 0) is 18.3 Å². The van der Waals surface area contributed by atoms with Gasteiger partial charge in [0.1, 0.15) is 0 Å². The molecule has 0 aromatic carbocycles.